The number of esters is 1. The first-order chi connectivity index (χ1) is 17.0. The second-order valence-electron chi connectivity index (χ2n) is 7.95. The Kier molecular flexibility index (Phi) is 9.45. The number of aliphatic imine (C=N–C) groups is 1. The van der Waals surface area contributed by atoms with Crippen molar-refractivity contribution in [2.24, 2.45) is 10.7 Å². The summed E-state index contributed by atoms with van der Waals surface area (Å²) in [5.41, 5.74) is 8.59. The minimum atomic E-state index is -3.39. The molecule has 0 amide bonds. The van der Waals surface area contributed by atoms with Gasteiger partial charge in [-0.25, -0.2) is 18.2 Å². The number of allylic oxidation sites excluding steroid dienone is 1. The molecule has 0 aliphatic carbocycles. The molecular weight excluding hydrogens is 584 g/mol. The lowest BCUT2D eigenvalue weighted by Gasteiger charge is -2.11. The van der Waals surface area contributed by atoms with E-state index in [1.165, 1.54) is 29.2 Å². The lowest BCUT2D eigenvalue weighted by molar-refractivity contribution is -0.136. The number of nitrogens with two attached hydrogens (primary N) is 1. The third-order valence-electron chi connectivity index (χ3n) is 4.90. The van der Waals surface area contributed by atoms with Crippen LogP contribution in [0.3, 0.4) is 0 Å². The summed E-state index contributed by atoms with van der Waals surface area (Å²) in [5.74, 6) is -0.338. The fourth-order valence-electron chi connectivity index (χ4n) is 3.09. The van der Waals surface area contributed by atoms with E-state index in [0.29, 0.717) is 27.0 Å². The number of aromatic nitrogens is 2. The Hall–Kier alpha value is -2.54. The van der Waals surface area contributed by atoms with Gasteiger partial charge in [0.1, 0.15) is 22.4 Å². The van der Waals surface area contributed by atoms with Crippen LogP contribution in [-0.2, 0) is 19.4 Å². The third kappa shape index (κ3) is 6.81. The van der Waals surface area contributed by atoms with Crippen LogP contribution >= 0.6 is 39.0 Å². The molecule has 0 bridgehead atoms. The van der Waals surface area contributed by atoms with E-state index in [1.54, 1.807) is 24.5 Å². The number of ether oxygens (including phenoxy) is 1. The zero-order valence-electron chi connectivity index (χ0n) is 20.1. The van der Waals surface area contributed by atoms with Crippen molar-refractivity contribution in [1.29, 1.82) is 0 Å². The topological polar surface area (TPSA) is 125 Å². The van der Waals surface area contributed by atoms with Crippen molar-refractivity contribution in [2.75, 3.05) is 18.5 Å². The van der Waals surface area contributed by atoms with E-state index < -0.39 is 15.8 Å². The highest BCUT2D eigenvalue weighted by Crippen LogP contribution is 2.32. The number of rotatable bonds is 9. The summed E-state index contributed by atoms with van der Waals surface area (Å²) in [6, 6.07) is 14.1. The lowest BCUT2D eigenvalue weighted by atomic mass is 10.0. The first-order valence-electron chi connectivity index (χ1n) is 10.7. The molecule has 0 radical (unpaired) electrons. The molecule has 2 aromatic carbocycles. The third-order valence-corrected chi connectivity index (χ3v) is 8.15. The minimum absolute atomic E-state index is 0.152. The Morgan fingerprint density at radius 2 is 1.92 bits per heavy atom. The van der Waals surface area contributed by atoms with Gasteiger partial charge in [-0.1, -0.05) is 55.5 Å². The molecule has 0 spiro atoms. The molecule has 3 aromatic rings. The summed E-state index contributed by atoms with van der Waals surface area (Å²) in [4.78, 5) is 17.5. The molecule has 36 heavy (non-hydrogen) atoms. The van der Waals surface area contributed by atoms with Gasteiger partial charge >= 0.3 is 5.97 Å². The Balaban J connectivity index is 2.16. The Bertz CT molecular complexity index is 1430. The number of halogens is 1. The maximum absolute atomic E-state index is 12.5. The number of thioether (sulfide) groups is 1. The van der Waals surface area contributed by atoms with E-state index >= 15 is 0 Å². The summed E-state index contributed by atoms with van der Waals surface area (Å²) in [5, 5.41) is 9.43. The zero-order chi connectivity index (χ0) is 26.5. The number of benzene rings is 2. The van der Waals surface area contributed by atoms with Crippen LogP contribution in [0.1, 0.15) is 30.3 Å². The predicted octanol–water partition coefficient (Wildman–Crippen LogP) is 5.28. The fourth-order valence-corrected chi connectivity index (χ4v) is 5.39. The van der Waals surface area contributed by atoms with Crippen LogP contribution in [0, 0.1) is 0 Å². The molecule has 0 saturated heterocycles. The maximum Gasteiger partial charge on any atom is 0.356 e. The standard InChI is InChI=1S/C24H25BrN4O4S3/c1-14(2)17-10-5-6-11-18(17)27-21(19(25)20(26)24(30)33-13-34-3)23-29-28-22(35-23)15-8-7-9-16(12-15)36(4,31)32/h5-12,14H,13,26H2,1-4H3. The molecule has 2 N–H and O–H groups in total. The van der Waals surface area contributed by atoms with Gasteiger partial charge in [0, 0.05) is 11.8 Å². The SMILES string of the molecule is CSCOC(=O)C(N)=C(Br)C(=Nc1ccccc1C(C)C)c1nnc(-c2cccc(S(C)(=O)=O)c2)s1. The zero-order valence-corrected chi connectivity index (χ0v) is 24.1. The average molecular weight is 610 g/mol. The molecule has 0 atom stereocenters. The highest BCUT2D eigenvalue weighted by atomic mass is 79.9. The van der Waals surface area contributed by atoms with Crippen molar-refractivity contribution in [2.45, 2.75) is 24.7 Å². The highest BCUT2D eigenvalue weighted by Gasteiger charge is 2.22. The molecule has 12 heteroatoms. The maximum atomic E-state index is 12.5. The Morgan fingerprint density at radius 3 is 2.58 bits per heavy atom. The molecule has 0 unspecified atom stereocenters. The van der Waals surface area contributed by atoms with Gasteiger partial charge in [0.25, 0.3) is 0 Å². The number of hydrogen-bond donors (Lipinski definition) is 1. The van der Waals surface area contributed by atoms with Crippen LogP contribution in [0.5, 0.6) is 0 Å². The molecule has 0 fully saturated rings. The summed E-state index contributed by atoms with van der Waals surface area (Å²) in [6.07, 6.45) is 2.95. The second kappa shape index (κ2) is 12.1. The van der Waals surface area contributed by atoms with Gasteiger partial charge in [-0.05, 0) is 51.9 Å². The average Bonchev–Trinajstić information content (AvgIpc) is 3.34. The number of carbonyl (C=O) groups excluding carboxylic acids is 1. The largest absolute Gasteiger partial charge is 0.450 e. The van der Waals surface area contributed by atoms with Crippen LogP contribution < -0.4 is 5.73 Å². The molecule has 1 aromatic heterocycles. The fraction of sp³-hybridized carbons (Fsp3) is 0.250. The minimum Gasteiger partial charge on any atom is -0.450 e. The smallest absolute Gasteiger partial charge is 0.356 e. The van der Waals surface area contributed by atoms with Gasteiger partial charge in [0.2, 0.25) is 0 Å². The van der Waals surface area contributed by atoms with E-state index in [2.05, 4.69) is 40.0 Å². The number of para-hydroxylation sites is 1. The van der Waals surface area contributed by atoms with Crippen LogP contribution in [0.15, 0.2) is 68.6 Å². The quantitative estimate of drug-likeness (QED) is 0.150. The lowest BCUT2D eigenvalue weighted by Crippen LogP contribution is -2.19. The molecule has 0 saturated carbocycles. The molecule has 0 aliphatic rings. The van der Waals surface area contributed by atoms with Gasteiger partial charge in [-0.15, -0.1) is 22.0 Å². The molecule has 3 rings (SSSR count). The number of hydrogen-bond acceptors (Lipinski definition) is 10. The summed E-state index contributed by atoms with van der Waals surface area (Å²) >= 11 is 5.98. The van der Waals surface area contributed by atoms with Gasteiger partial charge < -0.3 is 10.5 Å². The van der Waals surface area contributed by atoms with Crippen molar-refractivity contribution in [3.05, 3.63) is 69.3 Å². The summed E-state index contributed by atoms with van der Waals surface area (Å²) in [6.45, 7) is 4.12. The molecule has 0 aliphatic heterocycles. The van der Waals surface area contributed by atoms with E-state index in [4.69, 9.17) is 15.5 Å². The van der Waals surface area contributed by atoms with Crippen molar-refractivity contribution >= 4 is 66.2 Å². The van der Waals surface area contributed by atoms with Crippen molar-refractivity contribution in [3.8, 4) is 10.6 Å². The van der Waals surface area contributed by atoms with E-state index in [9.17, 15) is 13.2 Å². The summed E-state index contributed by atoms with van der Waals surface area (Å²) < 4.78 is 29.4. The van der Waals surface area contributed by atoms with E-state index in [0.717, 1.165) is 11.8 Å². The first kappa shape index (κ1) is 28.0. The summed E-state index contributed by atoms with van der Waals surface area (Å²) in [7, 11) is -3.39. The molecular formula is C24H25BrN4O4S3. The van der Waals surface area contributed by atoms with Crippen LogP contribution in [0.25, 0.3) is 10.6 Å². The van der Waals surface area contributed by atoms with Gasteiger partial charge in [-0.3, -0.25) is 0 Å². The number of carbonyl (C=O) groups is 1. The Morgan fingerprint density at radius 1 is 1.19 bits per heavy atom. The highest BCUT2D eigenvalue weighted by molar-refractivity contribution is 9.12. The van der Waals surface area contributed by atoms with Crippen LogP contribution in [0.4, 0.5) is 5.69 Å². The normalized spacial score (nSPS) is 13.0. The monoisotopic (exact) mass is 608 g/mol. The van der Waals surface area contributed by atoms with Gasteiger partial charge in [0.15, 0.2) is 14.8 Å². The predicted molar refractivity (Wildman–Crippen MR) is 150 cm³/mol. The van der Waals surface area contributed by atoms with E-state index in [1.807, 2.05) is 24.3 Å². The second-order valence-corrected chi connectivity index (χ2v) is 12.6. The molecule has 190 valence electrons. The van der Waals surface area contributed by atoms with Crippen molar-refractivity contribution in [1.82, 2.24) is 10.2 Å². The van der Waals surface area contributed by atoms with Gasteiger partial charge in [0.05, 0.1) is 15.1 Å². The molecule has 8 nitrogen and oxygen atoms in total. The first-order valence-corrected chi connectivity index (χ1v) is 15.6. The van der Waals surface area contributed by atoms with Crippen molar-refractivity contribution < 1.29 is 17.9 Å². The van der Waals surface area contributed by atoms with E-state index in [-0.39, 0.29) is 26.9 Å². The Labute approximate surface area is 227 Å². The molecule has 1 heterocycles. The number of sulfone groups is 1. The van der Waals surface area contributed by atoms with Gasteiger partial charge in [-0.2, -0.15) is 0 Å². The van der Waals surface area contributed by atoms with Crippen LogP contribution in [-0.4, -0.2) is 48.7 Å². The van der Waals surface area contributed by atoms with Crippen molar-refractivity contribution in [3.63, 3.8) is 0 Å². The number of nitrogens with zero attached hydrogens (tertiary/aromatic N) is 3. The van der Waals surface area contributed by atoms with Crippen LogP contribution in [0.2, 0.25) is 0 Å².